The smallest absolute Gasteiger partial charge is 0.265 e. The molecule has 1 aliphatic heterocycles. The molecule has 2 heterocycles. The Morgan fingerprint density at radius 3 is 2.41 bits per heavy atom. The van der Waals surface area contributed by atoms with Crippen molar-refractivity contribution in [3.8, 4) is 22.1 Å². The lowest BCUT2D eigenvalue weighted by atomic mass is 10.1. The number of nitrogens with zero attached hydrogens (tertiary/aromatic N) is 3. The van der Waals surface area contributed by atoms with E-state index in [2.05, 4.69) is 4.90 Å². The van der Waals surface area contributed by atoms with Crippen molar-refractivity contribution in [2.75, 3.05) is 26.2 Å². The van der Waals surface area contributed by atoms with Crippen molar-refractivity contribution in [3.63, 3.8) is 0 Å². The van der Waals surface area contributed by atoms with E-state index in [4.69, 9.17) is 9.72 Å². The first kappa shape index (κ1) is 21.2. The Balaban J connectivity index is 1.32. The molecule has 1 aliphatic carbocycles. The van der Waals surface area contributed by atoms with Gasteiger partial charge in [-0.25, -0.2) is 4.98 Å². The molecule has 0 spiro atoms. The Bertz CT molecular complexity index is 1070. The monoisotopic (exact) mass is 447 g/mol. The van der Waals surface area contributed by atoms with E-state index < -0.39 is 0 Å². The van der Waals surface area contributed by atoms with E-state index in [0.29, 0.717) is 0 Å². The first-order valence-electron chi connectivity index (χ1n) is 11.5. The molecule has 1 aromatic heterocycles. The van der Waals surface area contributed by atoms with Gasteiger partial charge in [0.05, 0.1) is 11.3 Å². The van der Waals surface area contributed by atoms with Crippen LogP contribution in [-0.2, 0) is 0 Å². The average Bonchev–Trinajstić information content (AvgIpc) is 3.50. The zero-order valence-electron chi connectivity index (χ0n) is 18.5. The molecule has 32 heavy (non-hydrogen) atoms. The van der Waals surface area contributed by atoms with Crippen LogP contribution in [0.25, 0.3) is 10.6 Å². The third-order valence-electron chi connectivity index (χ3n) is 6.52. The molecule has 3 aromatic rings. The van der Waals surface area contributed by atoms with E-state index in [1.807, 2.05) is 66.4 Å². The molecule has 0 N–H and O–H groups in total. The lowest BCUT2D eigenvalue weighted by Gasteiger charge is -2.37. The number of amides is 1. The molecular weight excluding hydrogens is 418 g/mol. The van der Waals surface area contributed by atoms with Crippen molar-refractivity contribution in [1.29, 1.82) is 0 Å². The van der Waals surface area contributed by atoms with Crippen molar-refractivity contribution in [2.24, 2.45) is 0 Å². The topological polar surface area (TPSA) is 45.7 Å². The molecule has 6 heteroatoms. The molecule has 2 aromatic carbocycles. The van der Waals surface area contributed by atoms with Crippen molar-refractivity contribution in [2.45, 2.75) is 38.6 Å². The van der Waals surface area contributed by atoms with E-state index in [1.165, 1.54) is 37.0 Å². The van der Waals surface area contributed by atoms with E-state index >= 15 is 0 Å². The molecule has 2 aliphatic rings. The lowest BCUT2D eigenvalue weighted by molar-refractivity contribution is 0.0577. The number of carbonyl (C=O) groups is 1. The number of aryl methyl sites for hydroxylation is 1. The van der Waals surface area contributed by atoms with Crippen LogP contribution in [0.4, 0.5) is 0 Å². The van der Waals surface area contributed by atoms with Gasteiger partial charge in [0.25, 0.3) is 5.91 Å². The highest BCUT2D eigenvalue weighted by Gasteiger charge is 2.30. The Morgan fingerprint density at radius 1 is 0.969 bits per heavy atom. The molecule has 1 amide bonds. The number of rotatable bonds is 5. The minimum absolute atomic E-state index is 0.110. The van der Waals surface area contributed by atoms with Crippen molar-refractivity contribution in [3.05, 3.63) is 65.2 Å². The number of hydrogen-bond acceptors (Lipinski definition) is 5. The molecule has 0 atom stereocenters. The van der Waals surface area contributed by atoms with E-state index in [0.717, 1.165) is 64.9 Å². The largest absolute Gasteiger partial charge is 0.457 e. The average molecular weight is 448 g/mol. The SMILES string of the molecule is Cc1nc(-c2ccccc2Oc2ccccc2)sc1C(=O)N1CCN(C2CCCC2)CC1. The molecule has 1 saturated heterocycles. The van der Waals surface area contributed by atoms with Gasteiger partial charge in [0.2, 0.25) is 0 Å². The quantitative estimate of drug-likeness (QED) is 0.510. The maximum Gasteiger partial charge on any atom is 0.265 e. The summed E-state index contributed by atoms with van der Waals surface area (Å²) in [6.45, 7) is 5.50. The summed E-state index contributed by atoms with van der Waals surface area (Å²) in [5.74, 6) is 1.64. The summed E-state index contributed by atoms with van der Waals surface area (Å²) in [6, 6.07) is 18.4. The van der Waals surface area contributed by atoms with Gasteiger partial charge in [0.15, 0.2) is 0 Å². The van der Waals surface area contributed by atoms with Crippen LogP contribution >= 0.6 is 11.3 Å². The van der Waals surface area contributed by atoms with Gasteiger partial charge in [-0.3, -0.25) is 9.69 Å². The third kappa shape index (κ3) is 4.43. The second-order valence-electron chi connectivity index (χ2n) is 8.61. The zero-order valence-corrected chi connectivity index (χ0v) is 19.3. The molecule has 0 radical (unpaired) electrons. The highest BCUT2D eigenvalue weighted by atomic mass is 32.1. The van der Waals surface area contributed by atoms with Crippen molar-refractivity contribution >= 4 is 17.2 Å². The molecule has 166 valence electrons. The maximum absolute atomic E-state index is 13.3. The van der Waals surface area contributed by atoms with Gasteiger partial charge < -0.3 is 9.64 Å². The second kappa shape index (κ2) is 9.43. The number of ether oxygens (including phenoxy) is 1. The summed E-state index contributed by atoms with van der Waals surface area (Å²) >= 11 is 1.47. The second-order valence-corrected chi connectivity index (χ2v) is 9.61. The summed E-state index contributed by atoms with van der Waals surface area (Å²) in [5, 5.41) is 0.821. The fourth-order valence-electron chi connectivity index (χ4n) is 4.76. The predicted molar refractivity (Wildman–Crippen MR) is 129 cm³/mol. The minimum atomic E-state index is 0.110. The molecule has 0 unspecified atom stereocenters. The number of para-hydroxylation sites is 2. The van der Waals surface area contributed by atoms with Gasteiger partial charge in [-0.1, -0.05) is 43.2 Å². The van der Waals surface area contributed by atoms with Crippen LogP contribution in [0, 0.1) is 6.92 Å². The fourth-order valence-corrected chi connectivity index (χ4v) is 5.83. The van der Waals surface area contributed by atoms with Gasteiger partial charge in [-0.15, -0.1) is 11.3 Å². The van der Waals surface area contributed by atoms with Crippen LogP contribution in [0.3, 0.4) is 0 Å². The third-order valence-corrected chi connectivity index (χ3v) is 7.70. The van der Waals surface area contributed by atoms with Crippen LogP contribution in [-0.4, -0.2) is 52.9 Å². The molecular formula is C26H29N3O2S. The van der Waals surface area contributed by atoms with Gasteiger partial charge in [-0.2, -0.15) is 0 Å². The minimum Gasteiger partial charge on any atom is -0.457 e. The number of benzene rings is 2. The van der Waals surface area contributed by atoms with Crippen LogP contribution in [0.5, 0.6) is 11.5 Å². The number of thiazole rings is 1. The molecule has 5 nitrogen and oxygen atoms in total. The van der Waals surface area contributed by atoms with E-state index in [-0.39, 0.29) is 5.91 Å². The summed E-state index contributed by atoms with van der Waals surface area (Å²) in [4.78, 5) is 23.4. The van der Waals surface area contributed by atoms with Crippen molar-refractivity contribution in [1.82, 2.24) is 14.8 Å². The molecule has 5 rings (SSSR count). The predicted octanol–water partition coefficient (Wildman–Crippen LogP) is 5.61. The first-order valence-corrected chi connectivity index (χ1v) is 12.3. The van der Waals surface area contributed by atoms with E-state index in [1.54, 1.807) is 0 Å². The van der Waals surface area contributed by atoms with Crippen molar-refractivity contribution < 1.29 is 9.53 Å². The summed E-state index contributed by atoms with van der Waals surface area (Å²) in [5.41, 5.74) is 1.71. The highest BCUT2D eigenvalue weighted by molar-refractivity contribution is 7.17. The van der Waals surface area contributed by atoms with Crippen LogP contribution in [0.2, 0.25) is 0 Å². The Morgan fingerprint density at radius 2 is 1.66 bits per heavy atom. The molecule has 1 saturated carbocycles. The summed E-state index contributed by atoms with van der Waals surface area (Å²) in [6.07, 6.45) is 5.33. The number of piperazine rings is 1. The zero-order chi connectivity index (χ0) is 21.9. The van der Waals surface area contributed by atoms with Gasteiger partial charge >= 0.3 is 0 Å². The van der Waals surface area contributed by atoms with Gasteiger partial charge in [-0.05, 0) is 44.0 Å². The van der Waals surface area contributed by atoms with E-state index in [9.17, 15) is 4.79 Å². The first-order chi connectivity index (χ1) is 15.7. The summed E-state index contributed by atoms with van der Waals surface area (Å²) in [7, 11) is 0. The summed E-state index contributed by atoms with van der Waals surface area (Å²) < 4.78 is 6.12. The maximum atomic E-state index is 13.3. The van der Waals surface area contributed by atoms with Crippen LogP contribution in [0.15, 0.2) is 54.6 Å². The normalized spacial score (nSPS) is 17.6. The highest BCUT2D eigenvalue weighted by Crippen LogP contribution is 2.37. The fraction of sp³-hybridized carbons (Fsp3) is 0.385. The van der Waals surface area contributed by atoms with Gasteiger partial charge in [0.1, 0.15) is 21.4 Å². The molecule has 0 bridgehead atoms. The Kier molecular flexibility index (Phi) is 6.23. The van der Waals surface area contributed by atoms with Crippen LogP contribution in [0.1, 0.15) is 41.0 Å². The van der Waals surface area contributed by atoms with Gasteiger partial charge in [0, 0.05) is 32.2 Å². The molecule has 2 fully saturated rings. The standard InChI is InChI=1S/C26H29N3O2S/c1-19-24(26(30)29-17-15-28(16-18-29)20-9-5-6-10-20)32-25(27-19)22-13-7-8-14-23(22)31-21-11-3-2-4-12-21/h2-4,7-8,11-14,20H,5-6,9-10,15-18H2,1H3. The van der Waals surface area contributed by atoms with Crippen LogP contribution < -0.4 is 4.74 Å². The number of hydrogen-bond donors (Lipinski definition) is 0. The lowest BCUT2D eigenvalue weighted by Crippen LogP contribution is -2.51. The Hall–Kier alpha value is -2.70. The Labute approximate surface area is 193 Å². The number of aromatic nitrogens is 1. The number of carbonyl (C=O) groups excluding carboxylic acids is 1.